The molecule has 0 N–H and O–H groups in total. The Morgan fingerprint density at radius 3 is 1.97 bits per heavy atom. The summed E-state index contributed by atoms with van der Waals surface area (Å²) < 4.78 is 0. The molecule has 7 saturated carbocycles. The van der Waals surface area contributed by atoms with E-state index >= 15 is 0 Å². The Labute approximate surface area is 193 Å². The minimum Gasteiger partial charge on any atom is -0.0625 e. The van der Waals surface area contributed by atoms with E-state index in [-0.39, 0.29) is 0 Å². The van der Waals surface area contributed by atoms with Crippen LogP contribution in [0.5, 0.6) is 0 Å². The third-order valence-electron chi connectivity index (χ3n) is 13.3. The Hall–Kier alpha value is 0. The van der Waals surface area contributed by atoms with Gasteiger partial charge < -0.3 is 0 Å². The zero-order valence-electron chi connectivity index (χ0n) is 20.7. The van der Waals surface area contributed by atoms with E-state index in [1.54, 1.807) is 96.3 Å². The molecule has 7 aliphatic carbocycles. The highest BCUT2D eigenvalue weighted by molar-refractivity contribution is 5.14. The summed E-state index contributed by atoms with van der Waals surface area (Å²) in [6.45, 7) is 5.25. The molecule has 0 heterocycles. The van der Waals surface area contributed by atoms with E-state index in [0.717, 1.165) is 76.4 Å². The topological polar surface area (TPSA) is 0 Å². The average molecular weight is 423 g/mol. The third kappa shape index (κ3) is 2.97. The second-order valence-corrected chi connectivity index (χ2v) is 14.7. The van der Waals surface area contributed by atoms with Gasteiger partial charge in [0.1, 0.15) is 0 Å². The van der Waals surface area contributed by atoms with Crippen molar-refractivity contribution >= 4 is 0 Å². The molecule has 0 radical (unpaired) electrons. The van der Waals surface area contributed by atoms with Crippen molar-refractivity contribution in [3.63, 3.8) is 0 Å². The van der Waals surface area contributed by atoms with Crippen molar-refractivity contribution in [1.29, 1.82) is 0 Å². The van der Waals surface area contributed by atoms with Crippen molar-refractivity contribution in [2.45, 2.75) is 117 Å². The van der Waals surface area contributed by atoms with E-state index in [2.05, 4.69) is 13.8 Å². The van der Waals surface area contributed by atoms with E-state index in [1.165, 1.54) is 6.42 Å². The fraction of sp³-hybridized carbons (Fsp3) is 1.00. The first-order valence-corrected chi connectivity index (χ1v) is 15.1. The molecule has 7 fully saturated rings. The Kier molecular flexibility index (Phi) is 4.93. The monoisotopic (exact) mass is 422 g/mol. The van der Waals surface area contributed by atoms with Crippen LogP contribution in [-0.2, 0) is 0 Å². The van der Waals surface area contributed by atoms with E-state index in [4.69, 9.17) is 0 Å². The van der Waals surface area contributed by atoms with Gasteiger partial charge in [0, 0.05) is 0 Å². The minimum absolute atomic E-state index is 0.777. The number of hydrogen-bond acceptors (Lipinski definition) is 0. The molecule has 174 valence electrons. The maximum atomic E-state index is 2.63. The Morgan fingerprint density at radius 2 is 1.16 bits per heavy atom. The van der Waals surface area contributed by atoms with Crippen LogP contribution in [0.15, 0.2) is 0 Å². The van der Waals surface area contributed by atoms with Crippen molar-refractivity contribution in [3.8, 4) is 0 Å². The molecule has 0 bridgehead atoms. The lowest BCUT2D eigenvalue weighted by molar-refractivity contribution is -0.0230. The quantitative estimate of drug-likeness (QED) is 0.366. The van der Waals surface area contributed by atoms with Gasteiger partial charge in [-0.3, -0.25) is 0 Å². The van der Waals surface area contributed by atoms with Crippen molar-refractivity contribution in [1.82, 2.24) is 0 Å². The highest BCUT2D eigenvalue weighted by Crippen LogP contribution is 2.73. The molecule has 1 spiro atoms. The van der Waals surface area contributed by atoms with E-state index in [0.29, 0.717) is 0 Å². The highest BCUT2D eigenvalue weighted by atomic mass is 14.7. The Morgan fingerprint density at radius 1 is 0.484 bits per heavy atom. The van der Waals surface area contributed by atoms with Gasteiger partial charge in [-0.05, 0) is 141 Å². The minimum atomic E-state index is 0.777. The molecular formula is C31H50. The van der Waals surface area contributed by atoms with Crippen LogP contribution in [-0.4, -0.2) is 0 Å². The van der Waals surface area contributed by atoms with Gasteiger partial charge in [0.05, 0.1) is 0 Å². The van der Waals surface area contributed by atoms with Crippen LogP contribution in [0.1, 0.15) is 117 Å². The van der Waals surface area contributed by atoms with Gasteiger partial charge >= 0.3 is 0 Å². The number of rotatable bonds is 0. The largest absolute Gasteiger partial charge is 0.0625 e. The molecule has 0 aromatic heterocycles. The third-order valence-corrected chi connectivity index (χ3v) is 13.3. The van der Waals surface area contributed by atoms with Crippen LogP contribution < -0.4 is 0 Å². The van der Waals surface area contributed by atoms with E-state index < -0.39 is 0 Å². The summed E-state index contributed by atoms with van der Waals surface area (Å²) in [7, 11) is 0. The summed E-state index contributed by atoms with van der Waals surface area (Å²) in [4.78, 5) is 0. The van der Waals surface area contributed by atoms with Crippen molar-refractivity contribution < 1.29 is 0 Å². The maximum absolute atomic E-state index is 2.63. The molecule has 12 unspecified atom stereocenters. The molecule has 0 amide bonds. The Bertz CT molecular complexity index is 668. The molecule has 7 rings (SSSR count). The zero-order chi connectivity index (χ0) is 20.7. The molecule has 0 saturated heterocycles. The molecule has 7 aliphatic rings. The van der Waals surface area contributed by atoms with Crippen LogP contribution in [0.25, 0.3) is 0 Å². The molecule has 0 aromatic rings. The first kappa shape index (κ1) is 20.4. The van der Waals surface area contributed by atoms with Gasteiger partial charge in [0.25, 0.3) is 0 Å². The molecule has 0 heteroatoms. The summed E-state index contributed by atoms with van der Waals surface area (Å²) in [5, 5.41) is 0. The van der Waals surface area contributed by atoms with Crippen molar-refractivity contribution in [2.75, 3.05) is 0 Å². The van der Waals surface area contributed by atoms with Crippen LogP contribution in [0.2, 0.25) is 0 Å². The highest BCUT2D eigenvalue weighted by Gasteiger charge is 2.66. The Balaban J connectivity index is 1.21. The van der Waals surface area contributed by atoms with Gasteiger partial charge in [0.2, 0.25) is 0 Å². The molecule has 31 heavy (non-hydrogen) atoms. The smallest absolute Gasteiger partial charge is 0.0230 e. The predicted molar refractivity (Wildman–Crippen MR) is 130 cm³/mol. The SMILES string of the molecule is CC1CC(C)CC2(C1)C1CCCCC1C1C3CC4CC5CCCCC5CC4C3CCC12. The van der Waals surface area contributed by atoms with Gasteiger partial charge in [-0.15, -0.1) is 0 Å². The number of fused-ring (bicyclic) bond motifs is 10. The second-order valence-electron chi connectivity index (χ2n) is 14.7. The summed E-state index contributed by atoms with van der Waals surface area (Å²) >= 11 is 0. The fourth-order valence-corrected chi connectivity index (χ4v) is 13.1. The predicted octanol–water partition coefficient (Wildman–Crippen LogP) is 8.74. The standard InChI is InChI=1S/C31H50/c1-19-13-20(2)18-31(17-19)28-10-6-5-9-25(28)30-27-16-23-14-21-7-3-4-8-22(21)15-26(23)24(27)11-12-29(30)31/h19-30H,3-18H2,1-2H3. The lowest BCUT2D eigenvalue weighted by atomic mass is 9.53. The molecule has 0 nitrogen and oxygen atoms in total. The van der Waals surface area contributed by atoms with Crippen LogP contribution in [0.4, 0.5) is 0 Å². The average Bonchev–Trinajstić information content (AvgIpc) is 3.25. The molecule has 12 atom stereocenters. The van der Waals surface area contributed by atoms with Crippen molar-refractivity contribution in [2.24, 2.45) is 76.4 Å². The van der Waals surface area contributed by atoms with Gasteiger partial charge in [-0.2, -0.15) is 0 Å². The summed E-state index contributed by atoms with van der Waals surface area (Å²) in [5.74, 6) is 13.5. The zero-order valence-corrected chi connectivity index (χ0v) is 20.7. The van der Waals surface area contributed by atoms with Gasteiger partial charge in [0.15, 0.2) is 0 Å². The normalized spacial score (nSPS) is 60.6. The lowest BCUT2D eigenvalue weighted by Gasteiger charge is -2.51. The van der Waals surface area contributed by atoms with Gasteiger partial charge in [-0.1, -0.05) is 52.4 Å². The van der Waals surface area contributed by atoms with Crippen LogP contribution >= 0.6 is 0 Å². The lowest BCUT2D eigenvalue weighted by Crippen LogP contribution is -2.43. The van der Waals surface area contributed by atoms with Crippen LogP contribution in [0.3, 0.4) is 0 Å². The van der Waals surface area contributed by atoms with Gasteiger partial charge in [-0.25, -0.2) is 0 Å². The second kappa shape index (κ2) is 7.50. The molecule has 0 aliphatic heterocycles. The van der Waals surface area contributed by atoms with E-state index in [1.807, 2.05) is 0 Å². The van der Waals surface area contributed by atoms with Crippen LogP contribution in [0, 0.1) is 76.4 Å². The summed E-state index contributed by atoms with van der Waals surface area (Å²) in [5.41, 5.74) is 0.777. The summed E-state index contributed by atoms with van der Waals surface area (Å²) in [6.07, 6.45) is 25.7. The first-order valence-electron chi connectivity index (χ1n) is 15.1. The number of hydrogen-bond donors (Lipinski definition) is 0. The summed E-state index contributed by atoms with van der Waals surface area (Å²) in [6, 6.07) is 0. The maximum Gasteiger partial charge on any atom is -0.0230 e. The van der Waals surface area contributed by atoms with Crippen molar-refractivity contribution in [3.05, 3.63) is 0 Å². The fourth-order valence-electron chi connectivity index (χ4n) is 13.1. The molecule has 0 aromatic carbocycles. The first-order chi connectivity index (χ1) is 15.1. The molecular weight excluding hydrogens is 372 g/mol. The van der Waals surface area contributed by atoms with E-state index in [9.17, 15) is 0 Å².